The molecule has 0 bridgehead atoms. The monoisotopic (exact) mass is 600 g/mol. The number of hydrogen-bond donors (Lipinski definition) is 0. The molecule has 46 heavy (non-hydrogen) atoms. The van der Waals surface area contributed by atoms with Gasteiger partial charge in [0.15, 0.2) is 0 Å². The third kappa shape index (κ3) is 3.12. The summed E-state index contributed by atoms with van der Waals surface area (Å²) in [6.45, 7) is 0.0706. The van der Waals surface area contributed by atoms with Crippen LogP contribution in [-0.4, -0.2) is 11.4 Å². The average molecular weight is 601 g/mol. The fourth-order valence-corrected chi connectivity index (χ4v) is 9.46. The summed E-state index contributed by atoms with van der Waals surface area (Å²) in [7, 11) is 0. The molecule has 2 aliphatic rings. The normalized spacial score (nSPS) is 13.1. The van der Waals surface area contributed by atoms with Gasteiger partial charge in [-0.3, -0.25) is 0 Å². The summed E-state index contributed by atoms with van der Waals surface area (Å²) in [4.78, 5) is 2.66. The number of benzene rings is 7. The molecular formula is C42H25BN2S. The van der Waals surface area contributed by atoms with Gasteiger partial charge in [0, 0.05) is 59.1 Å². The Morgan fingerprint density at radius 3 is 1.96 bits per heavy atom. The van der Waals surface area contributed by atoms with Crippen LogP contribution in [0.25, 0.3) is 69.9 Å². The van der Waals surface area contributed by atoms with Crippen molar-refractivity contribution >= 4 is 82.5 Å². The van der Waals surface area contributed by atoms with Gasteiger partial charge in [-0.1, -0.05) is 109 Å². The number of fused-ring (bicyclic) bond motifs is 18. The SMILES string of the molecule is c1ccc(-n2c3cc4sc5ccccc5c4cc3c3c4c(ccc32)-c2ccccc2B2c3ccccc3-c3ccccc3N24)cc1. The predicted molar refractivity (Wildman–Crippen MR) is 198 cm³/mol. The third-order valence-electron chi connectivity index (χ3n) is 10.2. The molecular weight excluding hydrogens is 575 g/mol. The van der Waals surface area contributed by atoms with E-state index in [9.17, 15) is 0 Å². The molecule has 0 atom stereocenters. The van der Waals surface area contributed by atoms with Crippen LogP contribution in [0, 0.1) is 0 Å². The van der Waals surface area contributed by atoms with Crippen molar-refractivity contribution in [3.8, 4) is 27.9 Å². The first-order chi connectivity index (χ1) is 22.8. The summed E-state index contributed by atoms with van der Waals surface area (Å²) >= 11 is 1.89. The van der Waals surface area contributed by atoms with E-state index in [-0.39, 0.29) is 6.85 Å². The fraction of sp³-hybridized carbons (Fsp3) is 0. The Morgan fingerprint density at radius 2 is 1.13 bits per heavy atom. The standard InChI is InChI=1S/C42H25BN2S/c1-2-12-26(13-3-1)44-37-23-22-31-28-15-5-9-19-35(28)43-34-18-8-4-14-27(34)29-16-6-10-20-36(29)45(43)42(31)41(37)33-24-32-30-17-7-11-21-39(30)46-40(32)25-38(33)44/h1-25H. The molecule has 2 nitrogen and oxygen atoms in total. The van der Waals surface area contributed by atoms with Crippen molar-refractivity contribution in [1.82, 2.24) is 4.57 Å². The molecule has 0 spiro atoms. The average Bonchev–Trinajstić information content (AvgIpc) is 3.65. The molecule has 0 saturated heterocycles. The first kappa shape index (κ1) is 24.7. The number of anilines is 2. The van der Waals surface area contributed by atoms with Crippen molar-refractivity contribution in [3.63, 3.8) is 0 Å². The second kappa shape index (κ2) is 9.00. The van der Waals surface area contributed by atoms with Gasteiger partial charge in [0.1, 0.15) is 0 Å². The van der Waals surface area contributed by atoms with E-state index >= 15 is 0 Å². The molecule has 0 aliphatic carbocycles. The summed E-state index contributed by atoms with van der Waals surface area (Å²) in [5.74, 6) is 0. The summed E-state index contributed by atoms with van der Waals surface area (Å²) in [6.07, 6.45) is 0. The number of hydrogen-bond acceptors (Lipinski definition) is 2. The van der Waals surface area contributed by atoms with Crippen molar-refractivity contribution < 1.29 is 0 Å². The Bertz CT molecular complexity index is 2720. The van der Waals surface area contributed by atoms with E-state index in [0.717, 1.165) is 0 Å². The first-order valence-corrected chi connectivity index (χ1v) is 16.7. The van der Waals surface area contributed by atoms with Gasteiger partial charge >= 0.3 is 6.85 Å². The van der Waals surface area contributed by atoms with Crippen LogP contribution in [-0.2, 0) is 0 Å². The van der Waals surface area contributed by atoms with Crippen molar-refractivity contribution in [2.24, 2.45) is 0 Å². The predicted octanol–water partition coefficient (Wildman–Crippen LogP) is 10.1. The highest BCUT2D eigenvalue weighted by Gasteiger charge is 2.43. The molecule has 11 rings (SSSR count). The number of rotatable bonds is 1. The molecule has 7 aromatic carbocycles. The van der Waals surface area contributed by atoms with Crippen molar-refractivity contribution in [3.05, 3.63) is 152 Å². The quantitative estimate of drug-likeness (QED) is 0.170. The maximum Gasteiger partial charge on any atom is 0.329 e. The van der Waals surface area contributed by atoms with E-state index < -0.39 is 0 Å². The number of para-hydroxylation sites is 2. The molecule has 4 heterocycles. The van der Waals surface area contributed by atoms with Crippen LogP contribution in [0.3, 0.4) is 0 Å². The van der Waals surface area contributed by atoms with Gasteiger partial charge in [-0.05, 0) is 64.5 Å². The van der Waals surface area contributed by atoms with Crippen LogP contribution in [0.1, 0.15) is 0 Å². The summed E-state index contributed by atoms with van der Waals surface area (Å²) in [5, 5.41) is 5.26. The lowest BCUT2D eigenvalue weighted by Crippen LogP contribution is -2.59. The largest absolute Gasteiger partial charge is 0.375 e. The maximum absolute atomic E-state index is 2.66. The second-order valence-corrected chi connectivity index (χ2v) is 13.5. The van der Waals surface area contributed by atoms with Crippen LogP contribution in [0.15, 0.2) is 152 Å². The van der Waals surface area contributed by atoms with Crippen LogP contribution < -0.4 is 15.7 Å². The van der Waals surface area contributed by atoms with Crippen LogP contribution >= 0.6 is 11.3 Å². The molecule has 2 aromatic heterocycles. The molecule has 212 valence electrons. The maximum atomic E-state index is 2.66. The fourth-order valence-electron chi connectivity index (χ4n) is 8.34. The van der Waals surface area contributed by atoms with E-state index in [2.05, 4.69) is 161 Å². The van der Waals surface area contributed by atoms with E-state index in [0.29, 0.717) is 0 Å². The molecule has 0 N–H and O–H groups in total. The first-order valence-electron chi connectivity index (χ1n) is 15.9. The van der Waals surface area contributed by atoms with Gasteiger partial charge in [0.05, 0.1) is 11.0 Å². The van der Waals surface area contributed by atoms with Gasteiger partial charge in [-0.25, -0.2) is 0 Å². The lowest BCUT2D eigenvalue weighted by atomic mass is 9.43. The zero-order valence-electron chi connectivity index (χ0n) is 24.8. The number of thiophene rings is 1. The Balaban J connectivity index is 1.36. The van der Waals surface area contributed by atoms with Gasteiger partial charge in [0.2, 0.25) is 0 Å². The molecule has 0 unspecified atom stereocenters. The highest BCUT2D eigenvalue weighted by atomic mass is 32.1. The lowest BCUT2D eigenvalue weighted by Gasteiger charge is -2.43. The molecule has 0 radical (unpaired) electrons. The van der Waals surface area contributed by atoms with Crippen molar-refractivity contribution in [2.75, 3.05) is 4.81 Å². The Kier molecular flexibility index (Phi) is 4.83. The molecule has 0 amide bonds. The van der Waals surface area contributed by atoms with Gasteiger partial charge in [0.25, 0.3) is 0 Å². The van der Waals surface area contributed by atoms with Crippen molar-refractivity contribution in [2.45, 2.75) is 0 Å². The molecule has 4 heteroatoms. The zero-order valence-corrected chi connectivity index (χ0v) is 25.6. The van der Waals surface area contributed by atoms with E-state index in [1.54, 1.807) is 0 Å². The summed E-state index contributed by atoms with van der Waals surface area (Å²) < 4.78 is 5.13. The van der Waals surface area contributed by atoms with Crippen LogP contribution in [0.2, 0.25) is 0 Å². The third-order valence-corrected chi connectivity index (χ3v) is 11.3. The van der Waals surface area contributed by atoms with Crippen molar-refractivity contribution in [1.29, 1.82) is 0 Å². The van der Waals surface area contributed by atoms with Gasteiger partial charge in [-0.15, -0.1) is 11.3 Å². The minimum absolute atomic E-state index is 0.0706. The summed E-state index contributed by atoms with van der Waals surface area (Å²) in [5.41, 5.74) is 14.1. The van der Waals surface area contributed by atoms with E-state index in [1.807, 2.05) is 11.3 Å². The molecule has 0 fully saturated rings. The van der Waals surface area contributed by atoms with Crippen LogP contribution in [0.4, 0.5) is 11.4 Å². The molecule has 9 aromatic rings. The highest BCUT2D eigenvalue weighted by molar-refractivity contribution is 7.25. The number of nitrogens with zero attached hydrogens (tertiary/aromatic N) is 2. The topological polar surface area (TPSA) is 8.17 Å². The Morgan fingerprint density at radius 1 is 0.457 bits per heavy atom. The minimum Gasteiger partial charge on any atom is -0.375 e. The minimum atomic E-state index is 0.0706. The van der Waals surface area contributed by atoms with Crippen LogP contribution in [0.5, 0.6) is 0 Å². The highest BCUT2D eigenvalue weighted by Crippen LogP contribution is 2.52. The Hall–Kier alpha value is -5.58. The molecule has 2 aliphatic heterocycles. The Labute approximate surface area is 270 Å². The number of aromatic nitrogens is 1. The van der Waals surface area contributed by atoms with E-state index in [4.69, 9.17) is 0 Å². The second-order valence-electron chi connectivity index (χ2n) is 12.5. The van der Waals surface area contributed by atoms with E-state index in [1.165, 1.54) is 92.2 Å². The molecule has 0 saturated carbocycles. The smallest absolute Gasteiger partial charge is 0.329 e. The lowest BCUT2D eigenvalue weighted by molar-refractivity contribution is 1.18. The summed E-state index contributed by atoms with van der Waals surface area (Å²) in [6, 6.07) is 56.4. The van der Waals surface area contributed by atoms with Gasteiger partial charge < -0.3 is 9.38 Å². The zero-order chi connectivity index (χ0) is 29.9. The van der Waals surface area contributed by atoms with Gasteiger partial charge in [-0.2, -0.15) is 0 Å².